The highest BCUT2D eigenvalue weighted by Crippen LogP contribution is 2.10. The van der Waals surface area contributed by atoms with Gasteiger partial charge in [0, 0.05) is 13.6 Å². The summed E-state index contributed by atoms with van der Waals surface area (Å²) in [4.78, 5) is 4.95. The van der Waals surface area contributed by atoms with Crippen LogP contribution in [-0.4, -0.2) is 30.9 Å². The molecule has 1 aromatic rings. The number of phenols is 1. The SMILES string of the molecule is CON(C)CC=Cc1ccc(O)cc1. The van der Waals surface area contributed by atoms with Gasteiger partial charge in [-0.1, -0.05) is 24.3 Å². The summed E-state index contributed by atoms with van der Waals surface area (Å²) in [6, 6.07) is 7.05. The number of hydroxylamine groups is 2. The van der Waals surface area contributed by atoms with Crippen molar-refractivity contribution < 1.29 is 9.94 Å². The van der Waals surface area contributed by atoms with Crippen molar-refractivity contribution in [1.29, 1.82) is 0 Å². The molecule has 0 saturated carbocycles. The summed E-state index contributed by atoms with van der Waals surface area (Å²) in [5, 5.41) is 10.8. The maximum atomic E-state index is 9.06. The second-order valence-corrected chi connectivity index (χ2v) is 2.99. The van der Waals surface area contributed by atoms with E-state index in [0.29, 0.717) is 0 Å². The van der Waals surface area contributed by atoms with Crippen LogP contribution in [0.15, 0.2) is 30.3 Å². The minimum atomic E-state index is 0.288. The lowest BCUT2D eigenvalue weighted by Crippen LogP contribution is -2.15. The van der Waals surface area contributed by atoms with E-state index in [0.717, 1.165) is 12.1 Å². The maximum Gasteiger partial charge on any atom is 0.115 e. The number of phenolic OH excluding ortho intramolecular Hbond substituents is 1. The Labute approximate surface area is 84.2 Å². The quantitative estimate of drug-likeness (QED) is 0.741. The summed E-state index contributed by atoms with van der Waals surface area (Å²) >= 11 is 0. The van der Waals surface area contributed by atoms with Crippen molar-refractivity contribution in [3.8, 4) is 5.75 Å². The van der Waals surface area contributed by atoms with Gasteiger partial charge in [0.1, 0.15) is 5.75 Å². The largest absolute Gasteiger partial charge is 0.508 e. The fourth-order valence-corrected chi connectivity index (χ4v) is 0.997. The first-order valence-corrected chi connectivity index (χ1v) is 4.43. The third-order valence-corrected chi connectivity index (χ3v) is 1.88. The second kappa shape index (κ2) is 5.42. The number of hydrogen-bond acceptors (Lipinski definition) is 3. The van der Waals surface area contributed by atoms with Crippen molar-refractivity contribution >= 4 is 6.08 Å². The Hall–Kier alpha value is -1.32. The Balaban J connectivity index is 2.48. The van der Waals surface area contributed by atoms with Gasteiger partial charge in [0.2, 0.25) is 0 Å². The van der Waals surface area contributed by atoms with Crippen LogP contribution in [0.1, 0.15) is 5.56 Å². The smallest absolute Gasteiger partial charge is 0.115 e. The van der Waals surface area contributed by atoms with E-state index in [1.807, 2.05) is 31.3 Å². The van der Waals surface area contributed by atoms with Crippen LogP contribution in [0.3, 0.4) is 0 Å². The van der Waals surface area contributed by atoms with Gasteiger partial charge in [-0.05, 0) is 17.7 Å². The van der Waals surface area contributed by atoms with Crippen molar-refractivity contribution in [3.63, 3.8) is 0 Å². The van der Waals surface area contributed by atoms with Crippen LogP contribution >= 0.6 is 0 Å². The number of rotatable bonds is 4. The van der Waals surface area contributed by atoms with Crippen molar-refractivity contribution in [3.05, 3.63) is 35.9 Å². The number of likely N-dealkylation sites (N-methyl/N-ethyl adjacent to an activating group) is 1. The predicted octanol–water partition coefficient (Wildman–Crippen LogP) is 1.90. The third-order valence-electron chi connectivity index (χ3n) is 1.88. The van der Waals surface area contributed by atoms with Crippen LogP contribution < -0.4 is 0 Å². The molecule has 1 rings (SSSR count). The zero-order chi connectivity index (χ0) is 10.4. The van der Waals surface area contributed by atoms with Crippen LogP contribution in [0.25, 0.3) is 6.08 Å². The van der Waals surface area contributed by atoms with E-state index < -0.39 is 0 Å². The number of benzene rings is 1. The first kappa shape index (κ1) is 10.8. The number of aromatic hydroxyl groups is 1. The van der Waals surface area contributed by atoms with Gasteiger partial charge in [-0.25, -0.2) is 0 Å². The fourth-order valence-electron chi connectivity index (χ4n) is 0.997. The minimum Gasteiger partial charge on any atom is -0.508 e. The average Bonchev–Trinajstić information content (AvgIpc) is 2.21. The van der Waals surface area contributed by atoms with Crippen LogP contribution in [0.5, 0.6) is 5.75 Å². The molecule has 14 heavy (non-hydrogen) atoms. The van der Waals surface area contributed by atoms with E-state index in [4.69, 9.17) is 9.94 Å². The lowest BCUT2D eigenvalue weighted by atomic mass is 10.2. The zero-order valence-electron chi connectivity index (χ0n) is 8.47. The second-order valence-electron chi connectivity index (χ2n) is 2.99. The summed E-state index contributed by atoms with van der Waals surface area (Å²) in [5.41, 5.74) is 1.06. The lowest BCUT2D eigenvalue weighted by Gasteiger charge is -2.09. The molecule has 3 heteroatoms. The van der Waals surface area contributed by atoms with Crippen LogP contribution in [0.2, 0.25) is 0 Å². The van der Waals surface area contributed by atoms with Gasteiger partial charge in [-0.15, -0.1) is 0 Å². The van der Waals surface area contributed by atoms with Gasteiger partial charge >= 0.3 is 0 Å². The Morgan fingerprint density at radius 3 is 2.57 bits per heavy atom. The van der Waals surface area contributed by atoms with Gasteiger partial charge in [-0.3, -0.25) is 0 Å². The predicted molar refractivity (Wildman–Crippen MR) is 56.8 cm³/mol. The fraction of sp³-hybridized carbons (Fsp3) is 0.273. The molecule has 1 aromatic carbocycles. The minimum absolute atomic E-state index is 0.288. The molecule has 76 valence electrons. The molecule has 0 amide bonds. The Bertz CT molecular complexity index is 293. The molecule has 0 aliphatic heterocycles. The monoisotopic (exact) mass is 193 g/mol. The van der Waals surface area contributed by atoms with Gasteiger partial charge in [0.05, 0.1) is 7.11 Å². The Morgan fingerprint density at radius 1 is 1.36 bits per heavy atom. The summed E-state index contributed by atoms with van der Waals surface area (Å²) in [6.07, 6.45) is 3.98. The van der Waals surface area contributed by atoms with Crippen molar-refractivity contribution in [2.45, 2.75) is 0 Å². The molecule has 1 N–H and O–H groups in total. The van der Waals surface area contributed by atoms with Crippen LogP contribution in [-0.2, 0) is 4.84 Å². The van der Waals surface area contributed by atoms with Crippen molar-refractivity contribution in [2.24, 2.45) is 0 Å². The van der Waals surface area contributed by atoms with Crippen LogP contribution in [0, 0.1) is 0 Å². The Kier molecular flexibility index (Phi) is 4.16. The third kappa shape index (κ3) is 3.60. The highest BCUT2D eigenvalue weighted by Gasteiger charge is 1.90. The van der Waals surface area contributed by atoms with E-state index in [-0.39, 0.29) is 5.75 Å². The van der Waals surface area contributed by atoms with Gasteiger partial charge in [-0.2, -0.15) is 5.06 Å². The zero-order valence-corrected chi connectivity index (χ0v) is 8.47. The molecule has 0 radical (unpaired) electrons. The number of nitrogens with zero attached hydrogens (tertiary/aromatic N) is 1. The molecule has 0 aliphatic rings. The molecule has 0 fully saturated rings. The number of hydrogen-bond donors (Lipinski definition) is 1. The molecule has 0 aliphatic carbocycles. The molecule has 0 unspecified atom stereocenters. The topological polar surface area (TPSA) is 32.7 Å². The molecule has 3 nitrogen and oxygen atoms in total. The summed E-state index contributed by atoms with van der Waals surface area (Å²) in [6.45, 7) is 0.734. The molecule has 0 atom stereocenters. The first-order valence-electron chi connectivity index (χ1n) is 4.43. The summed E-state index contributed by atoms with van der Waals surface area (Å²) in [7, 11) is 3.50. The standard InChI is InChI=1S/C11H15NO2/c1-12(14-2)9-3-4-10-5-7-11(13)8-6-10/h3-8,13H,9H2,1-2H3. The molecule has 0 heterocycles. The molecular weight excluding hydrogens is 178 g/mol. The first-order chi connectivity index (χ1) is 6.72. The maximum absolute atomic E-state index is 9.06. The molecule has 0 spiro atoms. The van der Waals surface area contributed by atoms with E-state index in [2.05, 4.69) is 0 Å². The summed E-state index contributed by atoms with van der Waals surface area (Å²) < 4.78 is 0. The average molecular weight is 193 g/mol. The van der Waals surface area contributed by atoms with E-state index >= 15 is 0 Å². The lowest BCUT2D eigenvalue weighted by molar-refractivity contribution is -0.0990. The molecule has 0 bridgehead atoms. The highest BCUT2D eigenvalue weighted by atomic mass is 16.7. The molecular formula is C11H15NO2. The Morgan fingerprint density at radius 2 is 2.00 bits per heavy atom. The molecule has 0 aromatic heterocycles. The summed E-state index contributed by atoms with van der Waals surface area (Å²) in [5.74, 6) is 0.288. The molecule has 0 saturated heterocycles. The normalized spacial score (nSPS) is 11.4. The van der Waals surface area contributed by atoms with Crippen molar-refractivity contribution in [1.82, 2.24) is 5.06 Å². The van der Waals surface area contributed by atoms with E-state index in [1.54, 1.807) is 24.3 Å². The van der Waals surface area contributed by atoms with Crippen LogP contribution in [0.4, 0.5) is 0 Å². The van der Waals surface area contributed by atoms with E-state index in [9.17, 15) is 0 Å². The van der Waals surface area contributed by atoms with Gasteiger partial charge in [0.15, 0.2) is 0 Å². The van der Waals surface area contributed by atoms with E-state index in [1.165, 1.54) is 0 Å². The van der Waals surface area contributed by atoms with Crippen molar-refractivity contribution in [2.75, 3.05) is 20.7 Å². The van der Waals surface area contributed by atoms with Gasteiger partial charge < -0.3 is 9.94 Å². The highest BCUT2D eigenvalue weighted by molar-refractivity contribution is 5.50. The van der Waals surface area contributed by atoms with Gasteiger partial charge in [0.25, 0.3) is 0 Å².